The van der Waals surface area contributed by atoms with Gasteiger partial charge in [-0.15, -0.1) is 0 Å². The normalized spacial score (nSPS) is 38.7. The Morgan fingerprint density at radius 1 is 0.942 bits per heavy atom. The van der Waals surface area contributed by atoms with Gasteiger partial charge in [0.2, 0.25) is 0 Å². The van der Waals surface area contributed by atoms with Crippen LogP contribution in [0, 0.1) is 58.2 Å². The molecule has 5 nitrogen and oxygen atoms in total. The van der Waals surface area contributed by atoms with Crippen LogP contribution < -0.4 is 0 Å². The Morgan fingerprint density at radius 2 is 1.75 bits per heavy atom. The number of aliphatic hydroxyl groups is 3. The van der Waals surface area contributed by atoms with Crippen molar-refractivity contribution in [2.45, 2.75) is 194 Å². The molecule has 5 aliphatic rings. The van der Waals surface area contributed by atoms with Gasteiger partial charge in [-0.25, -0.2) is 0 Å². The molecule has 0 aromatic rings. The number of carbonyl (C=O) groups is 1. The zero-order chi connectivity index (χ0) is 37.5. The second-order valence-corrected chi connectivity index (χ2v) is 19.3. The van der Waals surface area contributed by atoms with E-state index in [9.17, 15) is 20.1 Å². The van der Waals surface area contributed by atoms with E-state index < -0.39 is 18.3 Å². The first kappa shape index (κ1) is 41.7. The Balaban J connectivity index is 1.04. The van der Waals surface area contributed by atoms with Crippen molar-refractivity contribution >= 4 is 5.97 Å². The first-order chi connectivity index (χ1) is 24.9. The van der Waals surface area contributed by atoms with E-state index in [-0.39, 0.29) is 29.3 Å². The second-order valence-electron chi connectivity index (χ2n) is 19.3. The third kappa shape index (κ3) is 9.86. The van der Waals surface area contributed by atoms with Gasteiger partial charge in [0.05, 0.1) is 18.3 Å². The number of aliphatic hydroxyl groups excluding tert-OH is 3. The van der Waals surface area contributed by atoms with Crippen LogP contribution in [0.1, 0.15) is 170 Å². The lowest BCUT2D eigenvalue weighted by Gasteiger charge is -2.58. The minimum Gasteiger partial charge on any atom is -0.462 e. The Hall–Kier alpha value is -1.43. The van der Waals surface area contributed by atoms with Gasteiger partial charge in [0, 0.05) is 25.2 Å². The van der Waals surface area contributed by atoms with Crippen molar-refractivity contribution in [3.8, 4) is 0 Å². The van der Waals surface area contributed by atoms with Crippen molar-refractivity contribution < 1.29 is 24.9 Å². The first-order valence-corrected chi connectivity index (χ1v) is 22.1. The number of hydrogen-bond acceptors (Lipinski definition) is 5. The molecule has 0 aromatic carbocycles. The zero-order valence-corrected chi connectivity index (χ0v) is 34.1. The van der Waals surface area contributed by atoms with Crippen LogP contribution in [0.3, 0.4) is 0 Å². The summed E-state index contributed by atoms with van der Waals surface area (Å²) in [6.07, 6.45) is 30.0. The smallest absolute Gasteiger partial charge is 0.306 e. The van der Waals surface area contributed by atoms with Gasteiger partial charge >= 0.3 is 5.97 Å². The molecule has 5 heteroatoms. The van der Waals surface area contributed by atoms with Crippen molar-refractivity contribution in [2.75, 3.05) is 0 Å². The maximum atomic E-state index is 12.9. The molecule has 0 heterocycles. The average molecular weight is 723 g/mol. The quantitative estimate of drug-likeness (QED) is 0.0745. The minimum atomic E-state index is -0.581. The summed E-state index contributed by atoms with van der Waals surface area (Å²) >= 11 is 0. The average Bonchev–Trinajstić information content (AvgIpc) is 3.59. The molecule has 3 N–H and O–H groups in total. The molecule has 0 unspecified atom stereocenters. The number of allylic oxidation sites excluding steroid dienone is 3. The largest absolute Gasteiger partial charge is 0.462 e. The van der Waals surface area contributed by atoms with Gasteiger partial charge in [-0.1, -0.05) is 116 Å². The van der Waals surface area contributed by atoms with E-state index in [1.54, 1.807) is 5.57 Å². The highest BCUT2D eigenvalue weighted by Gasteiger charge is 2.59. The molecule has 4 saturated carbocycles. The van der Waals surface area contributed by atoms with E-state index in [0.29, 0.717) is 24.7 Å². The molecule has 0 aliphatic heterocycles. The predicted molar refractivity (Wildman–Crippen MR) is 213 cm³/mol. The summed E-state index contributed by atoms with van der Waals surface area (Å²) in [6.45, 7) is 14.7. The maximum absolute atomic E-state index is 12.9. The highest BCUT2D eigenvalue weighted by atomic mass is 16.5. The summed E-state index contributed by atoms with van der Waals surface area (Å²) < 4.78 is 6.11. The van der Waals surface area contributed by atoms with Gasteiger partial charge in [0.25, 0.3) is 0 Å². The number of ether oxygens (including phenoxy) is 1. The SMILES string of the molecule is CCCCC[C@H](O)/C=C/[C@@H]1[C@@H](C/C=C/CCCC(=O)O[C@H]2CC[C@@]3(C)C(=CC[C@H]4[C@@H]5CC[C@H]([C@H](C)CCCC(C)C)[C@@]5(C)CC[C@@H]43)C2)[C@@H](O)C[C@H]1O. The van der Waals surface area contributed by atoms with E-state index in [1.165, 1.54) is 51.4 Å². The van der Waals surface area contributed by atoms with E-state index in [4.69, 9.17) is 4.74 Å². The maximum Gasteiger partial charge on any atom is 0.306 e. The molecule has 0 spiro atoms. The molecule has 0 bridgehead atoms. The summed E-state index contributed by atoms with van der Waals surface area (Å²) in [5.41, 5.74) is 2.37. The van der Waals surface area contributed by atoms with E-state index in [2.05, 4.69) is 59.8 Å². The summed E-state index contributed by atoms with van der Waals surface area (Å²) in [6, 6.07) is 0. The third-order valence-corrected chi connectivity index (χ3v) is 15.5. The molecule has 0 saturated heterocycles. The molecule has 0 radical (unpaired) electrons. The Labute approximate surface area is 318 Å². The molecular formula is C47H78O5. The predicted octanol–water partition coefficient (Wildman–Crippen LogP) is 10.9. The Bertz CT molecular complexity index is 1220. The van der Waals surface area contributed by atoms with Crippen LogP contribution in [-0.4, -0.2) is 45.7 Å². The Kier molecular flexibility index (Phi) is 15.2. The molecule has 0 aromatic heterocycles. The minimum absolute atomic E-state index is 0.0146. The van der Waals surface area contributed by atoms with Gasteiger partial charge in [-0.05, 0) is 123 Å². The summed E-state index contributed by atoms with van der Waals surface area (Å²) in [7, 11) is 0. The van der Waals surface area contributed by atoms with Gasteiger partial charge < -0.3 is 20.1 Å². The zero-order valence-electron chi connectivity index (χ0n) is 34.1. The number of esters is 1. The van der Waals surface area contributed by atoms with Crippen molar-refractivity contribution in [3.63, 3.8) is 0 Å². The van der Waals surface area contributed by atoms with Crippen LogP contribution in [0.4, 0.5) is 0 Å². The number of hydrogen-bond donors (Lipinski definition) is 3. The number of carbonyl (C=O) groups excluding carboxylic acids is 1. The second kappa shape index (κ2) is 18.9. The standard InChI is InChI=1S/C47H78O5/c1-7-8-11-17-35(48)21-23-38-37(43(49)31-44(38)50)18-12-9-10-13-19-45(51)52-36-26-28-46(5)34(30-36)20-22-39-41-25-24-40(33(4)16-14-15-32(2)3)47(41,6)29-27-42(39)46/h9,12,20-21,23,32-33,35-44,48-50H,7-8,10-11,13-19,22,24-31H2,1-6H3/b12-9+,23-21+/t33-,35+,36+,37-,38-,39+,40-,41+,42+,43+,44-,46+,47-/m1/s1. The van der Waals surface area contributed by atoms with E-state index in [1.807, 2.05) is 12.2 Å². The van der Waals surface area contributed by atoms with Crippen molar-refractivity contribution in [2.24, 2.45) is 58.2 Å². The number of fused-ring (bicyclic) bond motifs is 5. The van der Waals surface area contributed by atoms with Crippen LogP contribution in [0.2, 0.25) is 0 Å². The summed E-state index contributed by atoms with van der Waals surface area (Å²) in [5.74, 6) is 4.76. The lowest BCUT2D eigenvalue weighted by atomic mass is 9.47. The van der Waals surface area contributed by atoms with Crippen LogP contribution >= 0.6 is 0 Å². The Morgan fingerprint density at radius 3 is 2.52 bits per heavy atom. The lowest BCUT2D eigenvalue weighted by Crippen LogP contribution is -2.51. The molecule has 13 atom stereocenters. The van der Waals surface area contributed by atoms with Gasteiger partial charge in [-0.3, -0.25) is 4.79 Å². The first-order valence-electron chi connectivity index (χ1n) is 22.1. The summed E-state index contributed by atoms with van der Waals surface area (Å²) in [5, 5.41) is 31.5. The van der Waals surface area contributed by atoms with Crippen LogP contribution in [0.15, 0.2) is 36.0 Å². The van der Waals surface area contributed by atoms with Gasteiger partial charge in [0.15, 0.2) is 0 Å². The van der Waals surface area contributed by atoms with E-state index in [0.717, 1.165) is 93.3 Å². The molecule has 52 heavy (non-hydrogen) atoms. The fraction of sp³-hybridized carbons (Fsp3) is 0.851. The van der Waals surface area contributed by atoms with E-state index >= 15 is 0 Å². The molecule has 0 amide bonds. The third-order valence-electron chi connectivity index (χ3n) is 15.5. The molecule has 296 valence electrons. The van der Waals surface area contributed by atoms with Crippen LogP contribution in [0.25, 0.3) is 0 Å². The van der Waals surface area contributed by atoms with Crippen molar-refractivity contribution in [1.29, 1.82) is 0 Å². The number of rotatable bonds is 18. The monoisotopic (exact) mass is 723 g/mol. The van der Waals surface area contributed by atoms with Crippen molar-refractivity contribution in [1.82, 2.24) is 0 Å². The molecule has 5 aliphatic carbocycles. The van der Waals surface area contributed by atoms with Gasteiger partial charge in [-0.2, -0.15) is 0 Å². The van der Waals surface area contributed by atoms with Gasteiger partial charge in [0.1, 0.15) is 6.10 Å². The number of unbranched alkanes of at least 4 members (excludes halogenated alkanes) is 3. The highest BCUT2D eigenvalue weighted by Crippen LogP contribution is 2.67. The molecule has 4 fully saturated rings. The van der Waals surface area contributed by atoms with Crippen LogP contribution in [0.5, 0.6) is 0 Å². The fourth-order valence-electron chi connectivity index (χ4n) is 12.4. The van der Waals surface area contributed by atoms with Crippen molar-refractivity contribution in [3.05, 3.63) is 36.0 Å². The summed E-state index contributed by atoms with van der Waals surface area (Å²) in [4.78, 5) is 12.9. The molecular weight excluding hydrogens is 645 g/mol. The lowest BCUT2D eigenvalue weighted by molar-refractivity contribution is -0.151. The molecule has 5 rings (SSSR count). The topological polar surface area (TPSA) is 87.0 Å². The fourth-order valence-corrected chi connectivity index (χ4v) is 12.4. The highest BCUT2D eigenvalue weighted by molar-refractivity contribution is 5.69. The van der Waals surface area contributed by atoms with Crippen LogP contribution in [-0.2, 0) is 9.53 Å².